The molecule has 1 aromatic heterocycles. The summed E-state index contributed by atoms with van der Waals surface area (Å²) in [5, 5.41) is 0. The monoisotopic (exact) mass is 414 g/mol. The quantitative estimate of drug-likeness (QED) is 0.683. The van der Waals surface area contributed by atoms with Crippen molar-refractivity contribution in [3.63, 3.8) is 0 Å². The van der Waals surface area contributed by atoms with Gasteiger partial charge in [-0.25, -0.2) is 9.78 Å². The van der Waals surface area contributed by atoms with Gasteiger partial charge in [-0.2, -0.15) is 13.2 Å². The molecule has 3 heterocycles. The molecular weight excluding hydrogens is 389 g/mol. The number of hydrogen-bond donors (Lipinski definition) is 0. The summed E-state index contributed by atoms with van der Waals surface area (Å²) >= 11 is 0. The lowest BCUT2D eigenvalue weighted by Crippen LogP contribution is -2.49. The van der Waals surface area contributed by atoms with Crippen LogP contribution in [0.2, 0.25) is 0 Å². The van der Waals surface area contributed by atoms with Crippen LogP contribution in [0.15, 0.2) is 12.3 Å². The minimum atomic E-state index is -4.60. The highest BCUT2D eigenvalue weighted by molar-refractivity contribution is 6.00. The molecule has 0 N–H and O–H groups in total. The lowest BCUT2D eigenvalue weighted by atomic mass is 9.85. The summed E-state index contributed by atoms with van der Waals surface area (Å²) in [6.45, 7) is 5.36. The second kappa shape index (κ2) is 7.50. The van der Waals surface area contributed by atoms with E-state index >= 15 is 0 Å². The number of carbonyl (C=O) groups excluding carboxylic acids is 2. The summed E-state index contributed by atoms with van der Waals surface area (Å²) in [4.78, 5) is 31.0. The minimum Gasteiger partial charge on any atom is -0.480 e. The summed E-state index contributed by atoms with van der Waals surface area (Å²) in [6, 6.07) is 0.473. The van der Waals surface area contributed by atoms with Crippen molar-refractivity contribution in [2.45, 2.75) is 70.3 Å². The highest BCUT2D eigenvalue weighted by Crippen LogP contribution is 2.42. The van der Waals surface area contributed by atoms with E-state index in [1.807, 2.05) is 0 Å². The summed E-state index contributed by atoms with van der Waals surface area (Å²) in [6.07, 6.45) is -2.11. The molecule has 2 aliphatic heterocycles. The molecule has 3 rings (SSSR count). The number of amides is 1. The van der Waals surface area contributed by atoms with Gasteiger partial charge in [0, 0.05) is 24.2 Å². The maximum absolute atomic E-state index is 13.1. The number of Topliss-reactive ketones (excluding diaryl/α,β-unsaturated/α-hetero) is 1. The van der Waals surface area contributed by atoms with Crippen molar-refractivity contribution in [1.82, 2.24) is 9.88 Å². The van der Waals surface area contributed by atoms with Gasteiger partial charge in [-0.1, -0.05) is 0 Å². The Hall–Kier alpha value is -2.32. The third kappa shape index (κ3) is 4.48. The van der Waals surface area contributed by atoms with E-state index in [9.17, 15) is 22.8 Å². The molecule has 9 heteroatoms. The first-order valence-electron chi connectivity index (χ1n) is 9.57. The highest BCUT2D eigenvalue weighted by Gasteiger charge is 2.47. The molecule has 0 aromatic carbocycles. The third-order valence-electron chi connectivity index (χ3n) is 5.35. The minimum absolute atomic E-state index is 0.120. The Bertz CT molecular complexity index is 790. The van der Waals surface area contributed by atoms with E-state index < -0.39 is 35.1 Å². The summed E-state index contributed by atoms with van der Waals surface area (Å²) in [5.74, 6) is -1.04. The van der Waals surface area contributed by atoms with Crippen molar-refractivity contribution >= 4 is 11.9 Å². The predicted octanol–water partition coefficient (Wildman–Crippen LogP) is 4.47. The van der Waals surface area contributed by atoms with Gasteiger partial charge < -0.3 is 14.4 Å². The Labute approximate surface area is 167 Å². The van der Waals surface area contributed by atoms with E-state index in [1.54, 1.807) is 25.7 Å². The second-order valence-corrected chi connectivity index (χ2v) is 8.58. The number of rotatable bonds is 3. The predicted molar refractivity (Wildman–Crippen MR) is 97.7 cm³/mol. The normalized spacial score (nSPS) is 24.4. The summed E-state index contributed by atoms with van der Waals surface area (Å²) in [7, 11) is 1.27. The molecule has 1 amide bonds. The van der Waals surface area contributed by atoms with E-state index in [0.717, 1.165) is 18.9 Å². The molecule has 2 unspecified atom stereocenters. The Morgan fingerprint density at radius 3 is 2.21 bits per heavy atom. The average Bonchev–Trinajstić information content (AvgIpc) is 2.88. The molecule has 29 heavy (non-hydrogen) atoms. The highest BCUT2D eigenvalue weighted by atomic mass is 19.4. The van der Waals surface area contributed by atoms with Crippen molar-refractivity contribution < 1.29 is 32.2 Å². The van der Waals surface area contributed by atoms with E-state index in [0.29, 0.717) is 19.0 Å². The number of fused-ring (bicyclic) bond motifs is 2. The standard InChI is InChI=1S/C20H25F3N2O4/c1-19(2,3)29-18(27)25-13-5-6-14(25)8-11(7-13)16(26)15-9-12(20(21,22)23)10-24-17(15)28-4/h9-11,13-14H,5-8H2,1-4H3. The molecule has 2 bridgehead atoms. The molecule has 2 aliphatic rings. The molecule has 0 radical (unpaired) electrons. The molecule has 0 spiro atoms. The lowest BCUT2D eigenvalue weighted by Gasteiger charge is -2.39. The van der Waals surface area contributed by atoms with Crippen LogP contribution in [-0.2, 0) is 10.9 Å². The largest absolute Gasteiger partial charge is 0.480 e. The van der Waals surface area contributed by atoms with Crippen molar-refractivity contribution in [2.75, 3.05) is 7.11 Å². The van der Waals surface area contributed by atoms with E-state index in [4.69, 9.17) is 9.47 Å². The molecule has 160 valence electrons. The SMILES string of the molecule is COc1ncc(C(F)(F)F)cc1C(=O)C1CC2CCC(C1)N2C(=O)OC(C)(C)C. The fourth-order valence-electron chi connectivity index (χ4n) is 4.17. The van der Waals surface area contributed by atoms with E-state index in [1.165, 1.54) is 7.11 Å². The Kier molecular flexibility index (Phi) is 5.53. The molecule has 0 aliphatic carbocycles. The fraction of sp³-hybridized carbons (Fsp3) is 0.650. The number of ketones is 1. The van der Waals surface area contributed by atoms with E-state index in [-0.39, 0.29) is 23.5 Å². The number of piperidine rings is 1. The summed E-state index contributed by atoms with van der Waals surface area (Å²) < 4.78 is 49.7. The zero-order valence-corrected chi connectivity index (χ0v) is 16.9. The Balaban J connectivity index is 1.81. The number of aromatic nitrogens is 1. The maximum atomic E-state index is 13.1. The number of hydrogen-bond acceptors (Lipinski definition) is 5. The number of nitrogens with zero attached hydrogens (tertiary/aromatic N) is 2. The van der Waals surface area contributed by atoms with Gasteiger partial charge in [0.2, 0.25) is 5.88 Å². The smallest absolute Gasteiger partial charge is 0.417 e. The van der Waals surface area contributed by atoms with E-state index in [2.05, 4.69) is 4.98 Å². The zero-order chi connectivity index (χ0) is 21.6. The van der Waals surface area contributed by atoms with Gasteiger partial charge in [-0.3, -0.25) is 4.79 Å². The molecule has 0 saturated carbocycles. The Morgan fingerprint density at radius 1 is 1.14 bits per heavy atom. The molecule has 1 aromatic rings. The molecule has 2 fully saturated rings. The van der Waals surface area contributed by atoms with Gasteiger partial charge in [0.25, 0.3) is 0 Å². The third-order valence-corrected chi connectivity index (χ3v) is 5.35. The molecule has 6 nitrogen and oxygen atoms in total. The average molecular weight is 414 g/mol. The molecule has 2 saturated heterocycles. The van der Waals surface area contributed by atoms with Crippen LogP contribution in [0.4, 0.5) is 18.0 Å². The number of pyridine rings is 1. The van der Waals surface area contributed by atoms with Crippen LogP contribution in [0, 0.1) is 5.92 Å². The van der Waals surface area contributed by atoms with Gasteiger partial charge >= 0.3 is 12.3 Å². The van der Waals surface area contributed by atoms with Gasteiger partial charge in [-0.05, 0) is 52.5 Å². The van der Waals surface area contributed by atoms with Crippen LogP contribution in [0.5, 0.6) is 5.88 Å². The van der Waals surface area contributed by atoms with Crippen molar-refractivity contribution in [3.05, 3.63) is 23.4 Å². The van der Waals surface area contributed by atoms with Crippen LogP contribution in [-0.4, -0.2) is 46.6 Å². The van der Waals surface area contributed by atoms with Crippen LogP contribution in [0.25, 0.3) is 0 Å². The first kappa shape index (κ1) is 21.4. The second-order valence-electron chi connectivity index (χ2n) is 8.58. The first-order valence-corrected chi connectivity index (χ1v) is 9.57. The van der Waals surface area contributed by atoms with Crippen LogP contribution in [0.3, 0.4) is 0 Å². The first-order chi connectivity index (χ1) is 13.4. The number of alkyl halides is 3. The van der Waals surface area contributed by atoms with Crippen LogP contribution >= 0.6 is 0 Å². The van der Waals surface area contributed by atoms with Crippen LogP contribution < -0.4 is 4.74 Å². The van der Waals surface area contributed by atoms with Crippen molar-refractivity contribution in [1.29, 1.82) is 0 Å². The topological polar surface area (TPSA) is 68.7 Å². The Morgan fingerprint density at radius 2 is 1.72 bits per heavy atom. The van der Waals surface area contributed by atoms with Crippen molar-refractivity contribution in [2.24, 2.45) is 5.92 Å². The van der Waals surface area contributed by atoms with Gasteiger partial charge in [-0.15, -0.1) is 0 Å². The van der Waals surface area contributed by atoms with Crippen molar-refractivity contribution in [3.8, 4) is 5.88 Å². The van der Waals surface area contributed by atoms with Crippen LogP contribution in [0.1, 0.15) is 62.4 Å². The zero-order valence-electron chi connectivity index (χ0n) is 16.9. The fourth-order valence-corrected chi connectivity index (χ4v) is 4.17. The number of carbonyl (C=O) groups is 2. The lowest BCUT2D eigenvalue weighted by molar-refractivity contribution is -0.137. The van der Waals surface area contributed by atoms with Gasteiger partial charge in [0.1, 0.15) is 5.60 Å². The van der Waals surface area contributed by atoms with Gasteiger partial charge in [0.05, 0.1) is 18.2 Å². The maximum Gasteiger partial charge on any atom is 0.417 e. The molecular formula is C20H25F3N2O4. The number of ether oxygens (including phenoxy) is 2. The number of methoxy groups -OCH3 is 1. The number of halogens is 3. The van der Waals surface area contributed by atoms with Gasteiger partial charge in [0.15, 0.2) is 5.78 Å². The molecule has 2 atom stereocenters. The summed E-state index contributed by atoms with van der Waals surface area (Å²) in [5.41, 5.74) is -1.78.